The van der Waals surface area contributed by atoms with Crippen molar-refractivity contribution in [1.29, 1.82) is 0 Å². The molecule has 1 saturated heterocycles. The van der Waals surface area contributed by atoms with Gasteiger partial charge in [0, 0.05) is 18.8 Å². The van der Waals surface area contributed by atoms with Gasteiger partial charge in [0.15, 0.2) is 0 Å². The number of benzene rings is 1. The van der Waals surface area contributed by atoms with Gasteiger partial charge >= 0.3 is 12.0 Å². The summed E-state index contributed by atoms with van der Waals surface area (Å²) in [5, 5.41) is 11.9. The Kier molecular flexibility index (Phi) is 5.22. The lowest BCUT2D eigenvalue weighted by molar-refractivity contribution is -0.137. The Morgan fingerprint density at radius 3 is 2.50 bits per heavy atom. The van der Waals surface area contributed by atoms with E-state index in [1.807, 2.05) is 30.3 Å². The fraction of sp³-hybridized carbons (Fsp3) is 0.389. The first-order chi connectivity index (χ1) is 12.5. The van der Waals surface area contributed by atoms with Crippen molar-refractivity contribution in [3.8, 4) is 0 Å². The van der Waals surface area contributed by atoms with Crippen molar-refractivity contribution in [2.75, 3.05) is 32.8 Å². The first-order valence-corrected chi connectivity index (χ1v) is 8.41. The fourth-order valence-electron chi connectivity index (χ4n) is 3.22. The number of urea groups is 1. The van der Waals surface area contributed by atoms with Crippen LogP contribution in [-0.2, 0) is 14.3 Å². The molecule has 1 atom stereocenters. The highest BCUT2D eigenvalue weighted by molar-refractivity contribution is 5.99. The molecule has 3 rings (SSSR count). The predicted octanol–water partition coefficient (Wildman–Crippen LogP) is 0.970. The highest BCUT2D eigenvalue weighted by atomic mass is 16.5. The number of amides is 3. The minimum Gasteiger partial charge on any atom is -0.480 e. The lowest BCUT2D eigenvalue weighted by atomic mass is 9.93. The van der Waals surface area contributed by atoms with Gasteiger partial charge in [0.05, 0.1) is 24.8 Å². The molecule has 0 aliphatic carbocycles. The summed E-state index contributed by atoms with van der Waals surface area (Å²) < 4.78 is 5.30. The minimum absolute atomic E-state index is 0.213. The number of nitrogens with one attached hydrogen (secondary N) is 1. The van der Waals surface area contributed by atoms with Crippen LogP contribution in [0.5, 0.6) is 0 Å². The summed E-state index contributed by atoms with van der Waals surface area (Å²) >= 11 is 0. The molecule has 0 saturated carbocycles. The Labute approximate surface area is 151 Å². The maximum Gasteiger partial charge on any atom is 0.323 e. The van der Waals surface area contributed by atoms with E-state index in [-0.39, 0.29) is 5.91 Å². The van der Waals surface area contributed by atoms with Crippen LogP contribution >= 0.6 is 0 Å². The number of nitrogens with zero attached hydrogens (tertiary/aromatic N) is 2. The Morgan fingerprint density at radius 1 is 1.23 bits per heavy atom. The van der Waals surface area contributed by atoms with E-state index in [1.165, 1.54) is 0 Å². The van der Waals surface area contributed by atoms with Crippen molar-refractivity contribution in [3.63, 3.8) is 0 Å². The van der Waals surface area contributed by atoms with Gasteiger partial charge in [-0.05, 0) is 12.5 Å². The molecule has 0 unspecified atom stereocenters. The van der Waals surface area contributed by atoms with Crippen LogP contribution in [0.3, 0.4) is 0 Å². The zero-order chi connectivity index (χ0) is 18.7. The molecule has 2 heterocycles. The molecule has 2 aliphatic rings. The van der Waals surface area contributed by atoms with Crippen molar-refractivity contribution in [2.45, 2.75) is 13.0 Å². The van der Waals surface area contributed by atoms with Crippen molar-refractivity contribution in [1.82, 2.24) is 15.1 Å². The SMILES string of the molecule is CC1=C(C(=O)N2CCOCC2)[C@@H](c2ccccc2)NC(=O)N1CC(=O)O. The molecule has 138 valence electrons. The number of carboxylic acids is 1. The Balaban J connectivity index is 2.03. The van der Waals surface area contributed by atoms with Gasteiger partial charge in [-0.1, -0.05) is 30.3 Å². The molecule has 8 nitrogen and oxygen atoms in total. The summed E-state index contributed by atoms with van der Waals surface area (Å²) in [5.74, 6) is -1.36. The summed E-state index contributed by atoms with van der Waals surface area (Å²) in [5.41, 5.74) is 1.52. The van der Waals surface area contributed by atoms with E-state index in [4.69, 9.17) is 9.84 Å². The second-order valence-electron chi connectivity index (χ2n) is 6.18. The molecular weight excluding hydrogens is 338 g/mol. The highest BCUT2D eigenvalue weighted by Gasteiger charge is 2.38. The Bertz CT molecular complexity index is 740. The van der Waals surface area contributed by atoms with Crippen LogP contribution in [0, 0.1) is 0 Å². The number of aliphatic carboxylic acids is 1. The van der Waals surface area contributed by atoms with Gasteiger partial charge < -0.3 is 20.1 Å². The number of rotatable bonds is 4. The van der Waals surface area contributed by atoms with Crippen LogP contribution in [0.15, 0.2) is 41.6 Å². The zero-order valence-electron chi connectivity index (χ0n) is 14.5. The number of ether oxygens (including phenoxy) is 1. The smallest absolute Gasteiger partial charge is 0.323 e. The van der Waals surface area contributed by atoms with Gasteiger partial charge in [0.2, 0.25) is 0 Å². The van der Waals surface area contributed by atoms with E-state index >= 15 is 0 Å². The van der Waals surface area contributed by atoms with Gasteiger partial charge in [-0.15, -0.1) is 0 Å². The third-order valence-corrected chi connectivity index (χ3v) is 4.55. The molecule has 2 aliphatic heterocycles. The second kappa shape index (κ2) is 7.57. The summed E-state index contributed by atoms with van der Waals surface area (Å²) in [6, 6.07) is 8.02. The van der Waals surface area contributed by atoms with Crippen LogP contribution < -0.4 is 5.32 Å². The second-order valence-corrected chi connectivity index (χ2v) is 6.18. The molecule has 8 heteroatoms. The number of hydrogen-bond acceptors (Lipinski definition) is 4. The number of carbonyl (C=O) groups is 3. The average molecular weight is 359 g/mol. The standard InChI is InChI=1S/C18H21N3O5/c1-12-15(17(24)20-7-9-26-10-8-20)16(13-5-3-2-4-6-13)19-18(25)21(12)11-14(22)23/h2-6,16H,7-11H2,1H3,(H,19,25)(H,22,23)/t16-/m1/s1. The minimum atomic E-state index is -1.14. The summed E-state index contributed by atoms with van der Waals surface area (Å²) in [6.45, 7) is 2.96. The van der Waals surface area contributed by atoms with E-state index < -0.39 is 24.6 Å². The molecule has 1 aromatic carbocycles. The van der Waals surface area contributed by atoms with Crippen LogP contribution in [0.25, 0.3) is 0 Å². The highest BCUT2D eigenvalue weighted by Crippen LogP contribution is 2.31. The van der Waals surface area contributed by atoms with E-state index in [1.54, 1.807) is 11.8 Å². The third kappa shape index (κ3) is 3.55. The van der Waals surface area contributed by atoms with Crippen molar-refractivity contribution in [2.24, 2.45) is 0 Å². The summed E-state index contributed by atoms with van der Waals surface area (Å²) in [4.78, 5) is 39.5. The van der Waals surface area contributed by atoms with Crippen LogP contribution in [0.1, 0.15) is 18.5 Å². The van der Waals surface area contributed by atoms with Gasteiger partial charge in [0.1, 0.15) is 6.54 Å². The van der Waals surface area contributed by atoms with E-state index in [0.29, 0.717) is 37.6 Å². The number of morpholine rings is 1. The molecule has 26 heavy (non-hydrogen) atoms. The molecule has 1 aromatic rings. The molecule has 3 amide bonds. The lowest BCUT2D eigenvalue weighted by Crippen LogP contribution is -2.52. The monoisotopic (exact) mass is 359 g/mol. The first-order valence-electron chi connectivity index (χ1n) is 8.41. The van der Waals surface area contributed by atoms with Gasteiger partial charge in [-0.2, -0.15) is 0 Å². The van der Waals surface area contributed by atoms with Crippen molar-refractivity contribution in [3.05, 3.63) is 47.2 Å². The number of hydrogen-bond donors (Lipinski definition) is 2. The average Bonchev–Trinajstić information content (AvgIpc) is 2.65. The molecular formula is C18H21N3O5. The van der Waals surface area contributed by atoms with Gasteiger partial charge in [0.25, 0.3) is 5.91 Å². The van der Waals surface area contributed by atoms with Crippen molar-refractivity contribution < 1.29 is 24.2 Å². The topological polar surface area (TPSA) is 99.2 Å². The molecule has 2 N–H and O–H groups in total. The van der Waals surface area contributed by atoms with E-state index in [9.17, 15) is 14.4 Å². The summed E-state index contributed by atoms with van der Waals surface area (Å²) in [6.07, 6.45) is 0. The first kappa shape index (κ1) is 17.9. The van der Waals surface area contributed by atoms with Gasteiger partial charge in [-0.25, -0.2) is 4.79 Å². The Morgan fingerprint density at radius 2 is 1.88 bits per heavy atom. The van der Waals surface area contributed by atoms with E-state index in [2.05, 4.69) is 5.32 Å². The third-order valence-electron chi connectivity index (χ3n) is 4.55. The van der Waals surface area contributed by atoms with Crippen LogP contribution in [0.4, 0.5) is 4.79 Å². The number of allylic oxidation sites excluding steroid dienone is 1. The predicted molar refractivity (Wildman–Crippen MR) is 92.2 cm³/mol. The summed E-state index contributed by atoms with van der Waals surface area (Å²) in [7, 11) is 0. The Hall–Kier alpha value is -2.87. The molecule has 0 aromatic heterocycles. The fourth-order valence-corrected chi connectivity index (χ4v) is 3.22. The number of carboxylic acid groups (broad SMARTS) is 1. The van der Waals surface area contributed by atoms with Crippen molar-refractivity contribution >= 4 is 17.9 Å². The maximum atomic E-state index is 13.2. The molecule has 0 radical (unpaired) electrons. The van der Waals surface area contributed by atoms with Crippen LogP contribution in [-0.4, -0.2) is 65.7 Å². The van der Waals surface area contributed by atoms with E-state index in [0.717, 1.165) is 10.5 Å². The largest absolute Gasteiger partial charge is 0.480 e. The van der Waals surface area contributed by atoms with Gasteiger partial charge in [-0.3, -0.25) is 14.5 Å². The number of carbonyl (C=O) groups excluding carboxylic acids is 2. The molecule has 1 fully saturated rings. The molecule has 0 bridgehead atoms. The lowest BCUT2D eigenvalue weighted by Gasteiger charge is -2.37. The van der Waals surface area contributed by atoms with Crippen LogP contribution in [0.2, 0.25) is 0 Å². The zero-order valence-corrected chi connectivity index (χ0v) is 14.5. The quantitative estimate of drug-likeness (QED) is 0.835. The normalized spacial score (nSPS) is 20.8. The molecule has 0 spiro atoms. The maximum absolute atomic E-state index is 13.2.